The zero-order chi connectivity index (χ0) is 14.5. The van der Waals surface area contributed by atoms with Gasteiger partial charge in [0.1, 0.15) is 0 Å². The lowest BCUT2D eigenvalue weighted by Crippen LogP contribution is -2.38. The summed E-state index contributed by atoms with van der Waals surface area (Å²) >= 11 is 4.52. The Hall–Kier alpha value is -0.800. The first-order chi connectivity index (χ1) is 9.61. The van der Waals surface area contributed by atoms with Crippen LogP contribution in [-0.2, 0) is 4.79 Å². The van der Waals surface area contributed by atoms with Crippen molar-refractivity contribution >= 4 is 46.8 Å². The van der Waals surface area contributed by atoms with Gasteiger partial charge in [-0.25, -0.2) is 4.79 Å². The molecule has 0 saturated carbocycles. The van der Waals surface area contributed by atoms with Crippen molar-refractivity contribution in [1.82, 2.24) is 20.4 Å². The molecule has 9 heteroatoms. The number of amides is 3. The number of carbonyl (C=O) groups is 2. The van der Waals surface area contributed by atoms with Gasteiger partial charge in [0.25, 0.3) is 0 Å². The maximum Gasteiger partial charge on any atom is 0.324 e. The molecule has 1 aromatic heterocycles. The lowest BCUT2D eigenvalue weighted by atomic mass is 10.4. The van der Waals surface area contributed by atoms with Crippen molar-refractivity contribution in [1.29, 1.82) is 0 Å². The average Bonchev–Trinajstić information content (AvgIpc) is 3.04. The molecule has 20 heavy (non-hydrogen) atoms. The second-order valence-electron chi connectivity index (χ2n) is 4.16. The minimum atomic E-state index is -0.337. The van der Waals surface area contributed by atoms with Crippen LogP contribution < -0.4 is 5.32 Å². The fourth-order valence-corrected chi connectivity index (χ4v) is 4.75. The number of hydrogen-bond acceptors (Lipinski definition) is 7. The zero-order valence-electron chi connectivity index (χ0n) is 11.3. The molecular weight excluding hydrogens is 316 g/mol. The van der Waals surface area contributed by atoms with Gasteiger partial charge in [0.2, 0.25) is 5.91 Å². The Labute approximate surface area is 130 Å². The second-order valence-corrected chi connectivity index (χ2v) is 8.07. The zero-order valence-corrected chi connectivity index (χ0v) is 13.7. The summed E-state index contributed by atoms with van der Waals surface area (Å²) in [5.74, 6) is 0.838. The van der Waals surface area contributed by atoms with E-state index in [1.54, 1.807) is 18.7 Å². The lowest BCUT2D eigenvalue weighted by molar-refractivity contribution is -0.126. The van der Waals surface area contributed by atoms with Crippen LogP contribution >= 0.6 is 34.9 Å². The Bertz CT molecular complexity index is 494. The fraction of sp³-hybridized carbons (Fsp3) is 0.636. The molecule has 1 fully saturated rings. The lowest BCUT2D eigenvalue weighted by Gasteiger charge is -2.16. The van der Waals surface area contributed by atoms with Gasteiger partial charge in [-0.3, -0.25) is 9.69 Å². The molecule has 1 aliphatic rings. The number of carbonyl (C=O) groups excluding carboxylic acids is 2. The summed E-state index contributed by atoms with van der Waals surface area (Å²) in [5, 5.41) is 10.4. The highest BCUT2D eigenvalue weighted by Crippen LogP contribution is 2.32. The maximum absolute atomic E-state index is 12.1. The van der Waals surface area contributed by atoms with E-state index in [1.807, 2.05) is 0 Å². The topological polar surface area (TPSA) is 75.2 Å². The molecule has 0 unspecified atom stereocenters. The van der Waals surface area contributed by atoms with Crippen LogP contribution in [0.3, 0.4) is 0 Å². The first kappa shape index (κ1) is 15.6. The summed E-state index contributed by atoms with van der Waals surface area (Å²) in [6.45, 7) is 4.87. The van der Waals surface area contributed by atoms with Crippen molar-refractivity contribution < 1.29 is 9.59 Å². The number of rotatable bonds is 6. The molecule has 6 nitrogen and oxygen atoms in total. The largest absolute Gasteiger partial charge is 0.336 e. The van der Waals surface area contributed by atoms with Crippen molar-refractivity contribution in [2.24, 2.45) is 0 Å². The molecular formula is C11H16N4O2S3. The highest BCUT2D eigenvalue weighted by Gasteiger charge is 2.30. The number of aromatic nitrogens is 2. The van der Waals surface area contributed by atoms with Crippen LogP contribution in [0, 0.1) is 0 Å². The molecule has 3 amide bonds. The van der Waals surface area contributed by atoms with E-state index in [0.717, 1.165) is 20.9 Å². The van der Waals surface area contributed by atoms with Gasteiger partial charge in [-0.05, 0) is 13.3 Å². The quantitative estimate of drug-likeness (QED) is 0.804. The molecule has 2 heterocycles. The van der Waals surface area contributed by atoms with E-state index in [2.05, 4.69) is 22.4 Å². The van der Waals surface area contributed by atoms with Gasteiger partial charge in [-0.15, -0.1) is 10.2 Å². The highest BCUT2D eigenvalue weighted by atomic mass is 32.2. The van der Waals surface area contributed by atoms with Gasteiger partial charge < -0.3 is 5.32 Å². The van der Waals surface area contributed by atoms with Crippen LogP contribution in [0.15, 0.2) is 8.68 Å². The molecule has 0 aromatic carbocycles. The van der Waals surface area contributed by atoms with Crippen LogP contribution in [0.25, 0.3) is 0 Å². The molecule has 1 aromatic rings. The van der Waals surface area contributed by atoms with E-state index in [9.17, 15) is 9.59 Å². The summed E-state index contributed by atoms with van der Waals surface area (Å²) in [5.41, 5.74) is 0. The van der Waals surface area contributed by atoms with Crippen LogP contribution in [0.5, 0.6) is 0 Å². The van der Waals surface area contributed by atoms with E-state index in [-0.39, 0.29) is 17.2 Å². The van der Waals surface area contributed by atoms with Crippen LogP contribution in [-0.4, -0.2) is 51.1 Å². The van der Waals surface area contributed by atoms with Gasteiger partial charge in [-0.2, -0.15) is 0 Å². The number of nitrogens with one attached hydrogen (secondary N) is 1. The minimum Gasteiger partial charge on any atom is -0.336 e. The predicted molar refractivity (Wildman–Crippen MR) is 81.4 cm³/mol. The molecule has 0 bridgehead atoms. The van der Waals surface area contributed by atoms with Crippen LogP contribution in [0.1, 0.15) is 20.3 Å². The maximum atomic E-state index is 12.1. The first-order valence-corrected chi connectivity index (χ1v) is 9.02. The molecule has 1 N–H and O–H groups in total. The van der Waals surface area contributed by atoms with E-state index in [0.29, 0.717) is 13.1 Å². The highest BCUT2D eigenvalue weighted by molar-refractivity contribution is 8.03. The molecule has 0 radical (unpaired) electrons. The van der Waals surface area contributed by atoms with Crippen molar-refractivity contribution in [2.75, 3.05) is 18.8 Å². The van der Waals surface area contributed by atoms with Gasteiger partial charge in [-0.1, -0.05) is 41.8 Å². The van der Waals surface area contributed by atoms with E-state index < -0.39 is 0 Å². The molecule has 2 rings (SSSR count). The Morgan fingerprint density at radius 2 is 2.25 bits per heavy atom. The van der Waals surface area contributed by atoms with Gasteiger partial charge in [0.15, 0.2) is 8.68 Å². The predicted octanol–water partition coefficient (Wildman–Crippen LogP) is 2.07. The number of thioether (sulfide) groups is 2. The molecule has 1 atom stereocenters. The summed E-state index contributed by atoms with van der Waals surface area (Å²) in [6.07, 6.45) is 1.09. The summed E-state index contributed by atoms with van der Waals surface area (Å²) < 4.78 is 1.69. The normalized spacial score (nSPS) is 16.3. The van der Waals surface area contributed by atoms with Crippen molar-refractivity contribution in [3.05, 3.63) is 0 Å². The Kier molecular flexibility index (Phi) is 5.67. The van der Waals surface area contributed by atoms with E-state index >= 15 is 0 Å². The third-order valence-electron chi connectivity index (χ3n) is 2.57. The van der Waals surface area contributed by atoms with Crippen LogP contribution in [0.2, 0.25) is 0 Å². The number of nitrogens with zero attached hydrogens (tertiary/aromatic N) is 3. The van der Waals surface area contributed by atoms with Crippen molar-refractivity contribution in [3.8, 4) is 0 Å². The number of hydrogen-bond donors (Lipinski definition) is 1. The SMILES string of the molecule is CCCSc1nnc(S[C@H](C)C(=O)N2CCNC2=O)s1. The second kappa shape index (κ2) is 7.28. The molecule has 0 spiro atoms. The van der Waals surface area contributed by atoms with Gasteiger partial charge >= 0.3 is 6.03 Å². The van der Waals surface area contributed by atoms with Crippen molar-refractivity contribution in [3.63, 3.8) is 0 Å². The third kappa shape index (κ3) is 3.86. The van der Waals surface area contributed by atoms with Crippen LogP contribution in [0.4, 0.5) is 4.79 Å². The van der Waals surface area contributed by atoms with Crippen molar-refractivity contribution in [2.45, 2.75) is 34.2 Å². The fourth-order valence-electron chi connectivity index (χ4n) is 1.60. The van der Waals surface area contributed by atoms with E-state index in [4.69, 9.17) is 0 Å². The standard InChI is InChI=1S/C11H16N4O2S3/c1-3-6-18-10-13-14-11(20-10)19-7(2)8(16)15-5-4-12-9(15)17/h7H,3-6H2,1-2H3,(H,12,17)/t7-/m1/s1. The molecule has 0 aliphatic carbocycles. The number of imide groups is 1. The Balaban J connectivity index is 1.90. The Morgan fingerprint density at radius 1 is 1.50 bits per heavy atom. The van der Waals surface area contributed by atoms with Gasteiger partial charge in [0, 0.05) is 18.8 Å². The minimum absolute atomic E-state index is 0.178. The van der Waals surface area contributed by atoms with Gasteiger partial charge in [0.05, 0.1) is 5.25 Å². The van der Waals surface area contributed by atoms with E-state index in [1.165, 1.54) is 28.0 Å². The molecule has 110 valence electrons. The first-order valence-electron chi connectivity index (χ1n) is 6.34. The average molecular weight is 332 g/mol. The third-order valence-corrected chi connectivity index (χ3v) is 6.00. The molecule has 1 saturated heterocycles. The Morgan fingerprint density at radius 3 is 2.90 bits per heavy atom. The smallest absolute Gasteiger partial charge is 0.324 e. The molecule has 1 aliphatic heterocycles. The number of urea groups is 1. The summed E-state index contributed by atoms with van der Waals surface area (Å²) in [4.78, 5) is 24.8. The monoisotopic (exact) mass is 332 g/mol. The summed E-state index contributed by atoms with van der Waals surface area (Å²) in [6, 6.07) is -0.307. The summed E-state index contributed by atoms with van der Waals surface area (Å²) in [7, 11) is 0.